The summed E-state index contributed by atoms with van der Waals surface area (Å²) in [6.45, 7) is 4.26. The molecule has 0 amide bonds. The SMILES string of the molecule is CC(C)c1ccc(/C=C(/C#N)c2ccccc2F)cc1. The Labute approximate surface area is 119 Å². The predicted molar refractivity (Wildman–Crippen MR) is 80.4 cm³/mol. The molecule has 0 aromatic heterocycles. The lowest BCUT2D eigenvalue weighted by atomic mass is 9.99. The van der Waals surface area contributed by atoms with Crippen LogP contribution in [0.4, 0.5) is 4.39 Å². The van der Waals surface area contributed by atoms with E-state index in [-0.39, 0.29) is 5.82 Å². The van der Waals surface area contributed by atoms with Gasteiger partial charge in [0.1, 0.15) is 5.82 Å². The largest absolute Gasteiger partial charge is 0.206 e. The fraction of sp³-hybridized carbons (Fsp3) is 0.167. The van der Waals surface area contributed by atoms with Crippen LogP contribution in [-0.2, 0) is 0 Å². The molecule has 0 saturated carbocycles. The third kappa shape index (κ3) is 3.13. The van der Waals surface area contributed by atoms with Gasteiger partial charge in [0.15, 0.2) is 0 Å². The average Bonchev–Trinajstić information content (AvgIpc) is 2.46. The van der Waals surface area contributed by atoms with Gasteiger partial charge in [-0.05, 0) is 29.2 Å². The maximum Gasteiger partial charge on any atom is 0.131 e. The Morgan fingerprint density at radius 2 is 1.75 bits per heavy atom. The van der Waals surface area contributed by atoms with E-state index in [0.717, 1.165) is 5.56 Å². The number of benzene rings is 2. The summed E-state index contributed by atoms with van der Waals surface area (Å²) in [5.74, 6) is 0.0918. The van der Waals surface area contributed by atoms with Crippen LogP contribution in [0, 0.1) is 17.1 Å². The van der Waals surface area contributed by atoms with Crippen molar-refractivity contribution in [2.45, 2.75) is 19.8 Å². The zero-order valence-electron chi connectivity index (χ0n) is 11.6. The molecule has 0 aliphatic rings. The zero-order chi connectivity index (χ0) is 14.5. The van der Waals surface area contributed by atoms with Crippen molar-refractivity contribution in [1.29, 1.82) is 5.26 Å². The van der Waals surface area contributed by atoms with Gasteiger partial charge in [-0.3, -0.25) is 0 Å². The van der Waals surface area contributed by atoms with Crippen molar-refractivity contribution in [3.05, 3.63) is 71.0 Å². The Kier molecular flexibility index (Phi) is 4.32. The Morgan fingerprint density at radius 3 is 2.30 bits per heavy atom. The first kappa shape index (κ1) is 14.0. The van der Waals surface area contributed by atoms with Crippen molar-refractivity contribution in [2.75, 3.05) is 0 Å². The minimum absolute atomic E-state index is 0.334. The molecule has 100 valence electrons. The lowest BCUT2D eigenvalue weighted by Crippen LogP contribution is -1.89. The average molecular weight is 265 g/mol. The quantitative estimate of drug-likeness (QED) is 0.565. The lowest BCUT2D eigenvalue weighted by Gasteiger charge is -2.05. The number of nitrogens with zero attached hydrogens (tertiary/aromatic N) is 1. The van der Waals surface area contributed by atoms with E-state index in [4.69, 9.17) is 0 Å². The van der Waals surface area contributed by atoms with Gasteiger partial charge < -0.3 is 0 Å². The molecule has 0 fully saturated rings. The Balaban J connectivity index is 2.37. The predicted octanol–water partition coefficient (Wildman–Crippen LogP) is 5.01. The first-order chi connectivity index (χ1) is 9.61. The maximum absolute atomic E-state index is 13.7. The molecule has 0 heterocycles. The molecule has 2 rings (SSSR count). The van der Waals surface area contributed by atoms with Gasteiger partial charge in [-0.2, -0.15) is 5.26 Å². The van der Waals surface area contributed by atoms with Crippen LogP contribution < -0.4 is 0 Å². The summed E-state index contributed by atoms with van der Waals surface area (Å²) in [5, 5.41) is 9.22. The topological polar surface area (TPSA) is 23.8 Å². The minimum Gasteiger partial charge on any atom is -0.206 e. The van der Waals surface area contributed by atoms with Gasteiger partial charge >= 0.3 is 0 Å². The van der Waals surface area contributed by atoms with Crippen LogP contribution in [0.25, 0.3) is 11.6 Å². The maximum atomic E-state index is 13.7. The van der Waals surface area contributed by atoms with E-state index in [9.17, 15) is 9.65 Å². The highest BCUT2D eigenvalue weighted by molar-refractivity contribution is 5.89. The lowest BCUT2D eigenvalue weighted by molar-refractivity contribution is 0.624. The molecule has 0 unspecified atom stereocenters. The Hall–Kier alpha value is -2.40. The van der Waals surface area contributed by atoms with E-state index in [1.165, 1.54) is 11.6 Å². The number of halogens is 1. The van der Waals surface area contributed by atoms with Crippen LogP contribution in [0.15, 0.2) is 48.5 Å². The van der Waals surface area contributed by atoms with Crippen molar-refractivity contribution in [2.24, 2.45) is 0 Å². The summed E-state index contributed by atoms with van der Waals surface area (Å²) in [6.07, 6.45) is 1.71. The molecule has 2 aromatic carbocycles. The summed E-state index contributed by atoms with van der Waals surface area (Å²) >= 11 is 0. The third-order valence-electron chi connectivity index (χ3n) is 3.20. The number of hydrogen-bond donors (Lipinski definition) is 0. The van der Waals surface area contributed by atoms with Crippen LogP contribution >= 0.6 is 0 Å². The van der Waals surface area contributed by atoms with E-state index in [1.54, 1.807) is 24.3 Å². The first-order valence-electron chi connectivity index (χ1n) is 6.58. The molecular weight excluding hydrogens is 249 g/mol. The summed E-state index contributed by atoms with van der Waals surface area (Å²) in [7, 11) is 0. The monoisotopic (exact) mass is 265 g/mol. The Bertz CT molecular complexity index is 661. The molecule has 0 atom stereocenters. The molecule has 0 aliphatic carbocycles. The van der Waals surface area contributed by atoms with Gasteiger partial charge in [-0.15, -0.1) is 0 Å². The van der Waals surface area contributed by atoms with Gasteiger partial charge in [0.2, 0.25) is 0 Å². The minimum atomic E-state index is -0.376. The molecule has 0 N–H and O–H groups in total. The van der Waals surface area contributed by atoms with Crippen LogP contribution in [-0.4, -0.2) is 0 Å². The van der Waals surface area contributed by atoms with Crippen molar-refractivity contribution >= 4 is 11.6 Å². The van der Waals surface area contributed by atoms with E-state index in [1.807, 2.05) is 24.3 Å². The standard InChI is InChI=1S/C18H16FN/c1-13(2)15-9-7-14(8-10-15)11-16(12-20)17-5-3-4-6-18(17)19/h3-11,13H,1-2H3/b16-11-. The van der Waals surface area contributed by atoms with Gasteiger partial charge in [-0.25, -0.2) is 4.39 Å². The summed E-state index contributed by atoms with van der Waals surface area (Å²) in [5.41, 5.74) is 2.81. The van der Waals surface area contributed by atoms with E-state index < -0.39 is 0 Å². The molecule has 0 spiro atoms. The zero-order valence-corrected chi connectivity index (χ0v) is 11.6. The normalized spacial score (nSPS) is 11.4. The smallest absolute Gasteiger partial charge is 0.131 e. The second kappa shape index (κ2) is 6.16. The first-order valence-corrected chi connectivity index (χ1v) is 6.58. The van der Waals surface area contributed by atoms with Gasteiger partial charge in [0.05, 0.1) is 11.6 Å². The second-order valence-corrected chi connectivity index (χ2v) is 4.97. The summed E-state index contributed by atoms with van der Waals surface area (Å²) in [6, 6.07) is 16.4. The fourth-order valence-corrected chi connectivity index (χ4v) is 1.99. The highest BCUT2D eigenvalue weighted by Crippen LogP contribution is 2.21. The molecule has 2 heteroatoms. The molecule has 20 heavy (non-hydrogen) atoms. The highest BCUT2D eigenvalue weighted by atomic mass is 19.1. The van der Waals surface area contributed by atoms with Crippen molar-refractivity contribution in [1.82, 2.24) is 0 Å². The van der Waals surface area contributed by atoms with Gasteiger partial charge in [-0.1, -0.05) is 56.3 Å². The second-order valence-electron chi connectivity index (χ2n) is 4.97. The number of rotatable bonds is 3. The molecule has 0 radical (unpaired) electrons. The number of hydrogen-bond acceptors (Lipinski definition) is 1. The summed E-state index contributed by atoms with van der Waals surface area (Å²) < 4.78 is 13.7. The van der Waals surface area contributed by atoms with Gasteiger partial charge in [0.25, 0.3) is 0 Å². The third-order valence-corrected chi connectivity index (χ3v) is 3.20. The fourth-order valence-electron chi connectivity index (χ4n) is 1.99. The molecule has 1 nitrogen and oxygen atoms in total. The molecule has 0 bridgehead atoms. The number of allylic oxidation sites excluding steroid dienone is 1. The molecule has 2 aromatic rings. The van der Waals surface area contributed by atoms with E-state index >= 15 is 0 Å². The number of nitriles is 1. The van der Waals surface area contributed by atoms with Crippen LogP contribution in [0.5, 0.6) is 0 Å². The van der Waals surface area contributed by atoms with E-state index in [2.05, 4.69) is 19.9 Å². The Morgan fingerprint density at radius 1 is 1.10 bits per heavy atom. The van der Waals surface area contributed by atoms with Crippen molar-refractivity contribution < 1.29 is 4.39 Å². The van der Waals surface area contributed by atoms with Crippen LogP contribution in [0.1, 0.15) is 36.5 Å². The summed E-state index contributed by atoms with van der Waals surface area (Å²) in [4.78, 5) is 0. The van der Waals surface area contributed by atoms with Crippen LogP contribution in [0.2, 0.25) is 0 Å². The molecule has 0 saturated heterocycles. The molecular formula is C18H16FN. The highest BCUT2D eigenvalue weighted by Gasteiger charge is 2.06. The van der Waals surface area contributed by atoms with Crippen molar-refractivity contribution in [3.8, 4) is 6.07 Å². The van der Waals surface area contributed by atoms with Gasteiger partial charge in [0, 0.05) is 5.56 Å². The van der Waals surface area contributed by atoms with Crippen LogP contribution in [0.3, 0.4) is 0 Å². The van der Waals surface area contributed by atoms with Crippen molar-refractivity contribution in [3.63, 3.8) is 0 Å². The van der Waals surface area contributed by atoms with E-state index in [0.29, 0.717) is 17.1 Å². The molecule has 0 aliphatic heterocycles.